The van der Waals surface area contributed by atoms with Crippen LogP contribution in [0.1, 0.15) is 29.9 Å². The second-order valence-corrected chi connectivity index (χ2v) is 9.58. The molecule has 0 saturated carbocycles. The van der Waals surface area contributed by atoms with Crippen LogP contribution in [0.5, 0.6) is 0 Å². The van der Waals surface area contributed by atoms with E-state index in [4.69, 9.17) is 28.5 Å². The third-order valence-corrected chi connectivity index (χ3v) is 7.56. The number of nitriles is 1. The van der Waals surface area contributed by atoms with Crippen molar-refractivity contribution < 1.29 is 14.7 Å². The Balaban J connectivity index is 1.45. The summed E-state index contributed by atoms with van der Waals surface area (Å²) in [6.07, 6.45) is 1.90. The number of anilines is 1. The quantitative estimate of drug-likeness (QED) is 0.677. The summed E-state index contributed by atoms with van der Waals surface area (Å²) in [5, 5.41) is 19.4. The molecule has 2 aromatic rings. The smallest absolute Gasteiger partial charge is 0.407 e. The highest BCUT2D eigenvalue weighted by Crippen LogP contribution is 2.35. The maximum absolute atomic E-state index is 13.4. The molecular weight excluding hydrogens is 477 g/mol. The molecule has 2 saturated heterocycles. The van der Waals surface area contributed by atoms with Crippen LogP contribution in [0.2, 0.25) is 10.0 Å². The van der Waals surface area contributed by atoms with Crippen molar-refractivity contribution in [2.45, 2.75) is 24.8 Å². The number of nitrogens with zero attached hydrogens (tertiary/aromatic N) is 5. The average molecular weight is 502 g/mol. The third kappa shape index (κ3) is 4.91. The first-order valence-corrected chi connectivity index (χ1v) is 11.8. The molecule has 2 aliphatic heterocycles. The van der Waals surface area contributed by atoms with Crippen molar-refractivity contribution in [2.24, 2.45) is 5.92 Å². The van der Waals surface area contributed by atoms with Crippen LogP contribution in [-0.2, 0) is 4.79 Å². The van der Waals surface area contributed by atoms with Gasteiger partial charge in [0.05, 0.1) is 21.7 Å². The molecule has 0 spiro atoms. The summed E-state index contributed by atoms with van der Waals surface area (Å²) in [5.41, 5.74) is 1.38. The fourth-order valence-corrected chi connectivity index (χ4v) is 5.13. The maximum atomic E-state index is 13.4. The number of benzene rings is 1. The van der Waals surface area contributed by atoms with Gasteiger partial charge in [0.15, 0.2) is 0 Å². The molecule has 10 heteroatoms. The fraction of sp³-hybridized carbons (Fsp3) is 0.417. The van der Waals surface area contributed by atoms with Gasteiger partial charge in [-0.25, -0.2) is 9.78 Å². The summed E-state index contributed by atoms with van der Waals surface area (Å²) in [7, 11) is 1.54. The van der Waals surface area contributed by atoms with Crippen LogP contribution in [-0.4, -0.2) is 71.2 Å². The van der Waals surface area contributed by atoms with Gasteiger partial charge in [0.25, 0.3) is 0 Å². The van der Waals surface area contributed by atoms with E-state index in [0.717, 1.165) is 11.4 Å². The van der Waals surface area contributed by atoms with Crippen LogP contribution in [0.3, 0.4) is 0 Å². The molecule has 2 atom stereocenters. The van der Waals surface area contributed by atoms with E-state index in [2.05, 4.69) is 16.0 Å². The highest BCUT2D eigenvalue weighted by atomic mass is 35.5. The van der Waals surface area contributed by atoms with Crippen molar-refractivity contribution in [3.05, 3.63) is 57.7 Å². The van der Waals surface area contributed by atoms with Crippen molar-refractivity contribution >= 4 is 41.0 Å². The van der Waals surface area contributed by atoms with Crippen LogP contribution in [0.15, 0.2) is 36.5 Å². The first kappa shape index (κ1) is 24.1. The Kier molecular flexibility index (Phi) is 7.15. The number of likely N-dealkylation sites (N-methyl/N-ethyl adjacent to an activating group) is 1. The zero-order valence-electron chi connectivity index (χ0n) is 18.7. The number of aromatic nitrogens is 1. The predicted molar refractivity (Wildman–Crippen MR) is 129 cm³/mol. The van der Waals surface area contributed by atoms with E-state index < -0.39 is 6.09 Å². The lowest BCUT2D eigenvalue weighted by atomic mass is 9.93. The summed E-state index contributed by atoms with van der Waals surface area (Å²) in [4.78, 5) is 34.7. The lowest BCUT2D eigenvalue weighted by Crippen LogP contribution is -2.44. The fourth-order valence-electron chi connectivity index (χ4n) is 4.82. The summed E-state index contributed by atoms with van der Waals surface area (Å²) in [5.74, 6) is 0.536. The molecule has 0 radical (unpaired) electrons. The van der Waals surface area contributed by atoms with Crippen LogP contribution < -0.4 is 4.90 Å². The number of rotatable bonds is 4. The molecule has 0 aliphatic carbocycles. The van der Waals surface area contributed by atoms with Crippen molar-refractivity contribution in [3.8, 4) is 6.07 Å². The Morgan fingerprint density at radius 3 is 2.47 bits per heavy atom. The predicted octanol–water partition coefficient (Wildman–Crippen LogP) is 4.08. The van der Waals surface area contributed by atoms with Gasteiger partial charge in [-0.15, -0.1) is 0 Å². The van der Waals surface area contributed by atoms with Crippen LogP contribution in [0, 0.1) is 17.2 Å². The first-order chi connectivity index (χ1) is 16.3. The number of carboxylic acid groups (broad SMARTS) is 1. The standard InChI is InChI=1S/C24H25Cl2N5O3/c1-29(24(33)34)21-14-31(13-18(21)17-3-4-19(25)20(26)10-17)23(32)16-6-8-30(9-7-16)22-5-2-15(11-27)12-28-22/h2-5,10,12,16,18,21H,6-9,13-14H2,1H3,(H,33,34)/t18-,21+/m0/s1. The Labute approximate surface area is 208 Å². The van der Waals surface area contributed by atoms with Gasteiger partial charge in [0.1, 0.15) is 11.9 Å². The second-order valence-electron chi connectivity index (χ2n) is 8.76. The Hall–Kier alpha value is -3.02. The lowest BCUT2D eigenvalue weighted by molar-refractivity contribution is -0.135. The number of hydrogen-bond donors (Lipinski definition) is 1. The second kappa shape index (κ2) is 10.1. The maximum Gasteiger partial charge on any atom is 0.407 e. The van der Waals surface area contributed by atoms with E-state index in [1.54, 1.807) is 29.3 Å². The van der Waals surface area contributed by atoms with Gasteiger partial charge in [-0.1, -0.05) is 29.3 Å². The number of carbonyl (C=O) groups excluding carboxylic acids is 1. The van der Waals surface area contributed by atoms with Crippen molar-refractivity contribution in [2.75, 3.05) is 38.1 Å². The van der Waals surface area contributed by atoms with E-state index in [1.807, 2.05) is 12.1 Å². The number of hydrogen-bond acceptors (Lipinski definition) is 5. The van der Waals surface area contributed by atoms with Gasteiger partial charge >= 0.3 is 6.09 Å². The molecule has 1 N–H and O–H groups in total. The summed E-state index contributed by atoms with van der Waals surface area (Å²) in [6, 6.07) is 10.6. The SMILES string of the molecule is CN(C(=O)O)[C@@H]1CN(C(=O)C2CCN(c3ccc(C#N)cn3)CC2)C[C@H]1c1ccc(Cl)c(Cl)c1. The van der Waals surface area contributed by atoms with Crippen molar-refractivity contribution in [3.63, 3.8) is 0 Å². The summed E-state index contributed by atoms with van der Waals surface area (Å²) < 4.78 is 0. The van der Waals surface area contributed by atoms with E-state index in [0.29, 0.717) is 54.6 Å². The minimum absolute atomic E-state index is 0.0544. The zero-order chi connectivity index (χ0) is 24.4. The lowest BCUT2D eigenvalue weighted by Gasteiger charge is -2.34. The summed E-state index contributed by atoms with van der Waals surface area (Å²) in [6.45, 7) is 2.15. The van der Waals surface area contributed by atoms with E-state index >= 15 is 0 Å². The van der Waals surface area contributed by atoms with Crippen molar-refractivity contribution in [1.29, 1.82) is 5.26 Å². The molecule has 4 rings (SSSR count). The number of pyridine rings is 1. The molecule has 2 amide bonds. The van der Waals surface area contributed by atoms with Gasteiger partial charge in [0, 0.05) is 51.3 Å². The molecular formula is C24H25Cl2N5O3. The topological polar surface area (TPSA) is 101 Å². The molecule has 2 aliphatic rings. The van der Waals surface area contributed by atoms with Gasteiger partial charge in [-0.2, -0.15) is 5.26 Å². The highest BCUT2D eigenvalue weighted by Gasteiger charge is 2.42. The van der Waals surface area contributed by atoms with Crippen LogP contribution in [0.4, 0.5) is 10.6 Å². The first-order valence-electron chi connectivity index (χ1n) is 11.1. The van der Waals surface area contributed by atoms with E-state index in [9.17, 15) is 14.7 Å². The minimum Gasteiger partial charge on any atom is -0.465 e. The molecule has 0 bridgehead atoms. The molecule has 1 aromatic heterocycles. The Morgan fingerprint density at radius 2 is 1.88 bits per heavy atom. The molecule has 178 valence electrons. The Bertz CT molecular complexity index is 1110. The molecule has 3 heterocycles. The van der Waals surface area contributed by atoms with E-state index in [1.165, 1.54) is 11.9 Å². The van der Waals surface area contributed by atoms with E-state index in [-0.39, 0.29) is 23.8 Å². The molecule has 34 heavy (non-hydrogen) atoms. The van der Waals surface area contributed by atoms with Gasteiger partial charge < -0.3 is 19.8 Å². The molecule has 8 nitrogen and oxygen atoms in total. The van der Waals surface area contributed by atoms with Crippen LogP contribution >= 0.6 is 23.2 Å². The molecule has 2 fully saturated rings. The monoisotopic (exact) mass is 501 g/mol. The molecule has 1 aromatic carbocycles. The van der Waals surface area contributed by atoms with Gasteiger partial charge in [-0.3, -0.25) is 4.79 Å². The number of carbonyl (C=O) groups is 2. The van der Waals surface area contributed by atoms with Crippen LogP contribution in [0.25, 0.3) is 0 Å². The normalized spacial score (nSPS) is 20.8. The minimum atomic E-state index is -1.03. The number of halogens is 2. The number of likely N-dealkylation sites (tertiary alicyclic amines) is 1. The van der Waals surface area contributed by atoms with Gasteiger partial charge in [0.2, 0.25) is 5.91 Å². The van der Waals surface area contributed by atoms with Gasteiger partial charge in [-0.05, 0) is 42.7 Å². The summed E-state index contributed by atoms with van der Waals surface area (Å²) >= 11 is 12.3. The number of amides is 2. The Morgan fingerprint density at radius 1 is 1.15 bits per heavy atom. The van der Waals surface area contributed by atoms with Crippen molar-refractivity contribution in [1.82, 2.24) is 14.8 Å². The third-order valence-electron chi connectivity index (χ3n) is 6.82. The molecule has 0 unspecified atom stereocenters. The average Bonchev–Trinajstić information content (AvgIpc) is 3.30. The highest BCUT2D eigenvalue weighted by molar-refractivity contribution is 6.42. The number of piperidine rings is 1. The largest absolute Gasteiger partial charge is 0.465 e. The zero-order valence-corrected chi connectivity index (χ0v) is 20.2.